The van der Waals surface area contributed by atoms with Crippen molar-refractivity contribution in [1.29, 1.82) is 5.26 Å². The molecule has 158 valence electrons. The van der Waals surface area contributed by atoms with Crippen LogP contribution in [0.4, 0.5) is 4.39 Å². The number of hydrogen-bond donors (Lipinski definition) is 0. The number of benzene rings is 4. The zero-order chi connectivity index (χ0) is 22.5. The highest BCUT2D eigenvalue weighted by Crippen LogP contribution is 2.38. The van der Waals surface area contributed by atoms with E-state index in [1.807, 2.05) is 24.3 Å². The van der Waals surface area contributed by atoms with E-state index in [2.05, 4.69) is 24.3 Å². The molecule has 0 aliphatic carbocycles. The van der Waals surface area contributed by atoms with Crippen LogP contribution < -0.4 is 9.47 Å². The Labute approximate surface area is 190 Å². The minimum absolute atomic E-state index is 0.312. The van der Waals surface area contributed by atoms with E-state index in [-0.39, 0.29) is 0 Å². The number of halogens is 2. The lowest BCUT2D eigenvalue weighted by Gasteiger charge is -2.14. The summed E-state index contributed by atoms with van der Waals surface area (Å²) < 4.78 is 25.1. The lowest BCUT2D eigenvalue weighted by atomic mass is 10.0. The van der Waals surface area contributed by atoms with Crippen molar-refractivity contribution < 1.29 is 13.9 Å². The average molecular weight is 444 g/mol. The van der Waals surface area contributed by atoms with Gasteiger partial charge in [-0.3, -0.25) is 0 Å². The molecule has 5 heteroatoms. The van der Waals surface area contributed by atoms with Gasteiger partial charge in [0, 0.05) is 0 Å². The van der Waals surface area contributed by atoms with Crippen LogP contribution in [0.15, 0.2) is 78.9 Å². The molecule has 0 saturated heterocycles. The number of nitriles is 1. The highest BCUT2D eigenvalue weighted by molar-refractivity contribution is 6.32. The van der Waals surface area contributed by atoms with Gasteiger partial charge in [0.1, 0.15) is 12.4 Å². The molecule has 0 unspecified atom stereocenters. The molecule has 4 aromatic carbocycles. The van der Waals surface area contributed by atoms with Crippen LogP contribution >= 0.6 is 11.6 Å². The summed E-state index contributed by atoms with van der Waals surface area (Å²) in [6.07, 6.45) is 1.64. The van der Waals surface area contributed by atoms with E-state index in [9.17, 15) is 9.65 Å². The van der Waals surface area contributed by atoms with Gasteiger partial charge in [-0.1, -0.05) is 66.2 Å². The van der Waals surface area contributed by atoms with E-state index in [1.54, 1.807) is 30.3 Å². The summed E-state index contributed by atoms with van der Waals surface area (Å²) in [4.78, 5) is 0. The Balaban J connectivity index is 1.64. The SMILES string of the molecule is COc1cc(/C=C(/C#N)c2cccc(F)c2)cc(Cl)c1OCc1cccc2ccccc12. The number of allylic oxidation sites excluding steroid dienone is 1. The van der Waals surface area contributed by atoms with Crippen molar-refractivity contribution >= 4 is 34.0 Å². The maximum atomic E-state index is 13.6. The molecule has 0 spiro atoms. The second kappa shape index (κ2) is 9.55. The fraction of sp³-hybridized carbons (Fsp3) is 0.0741. The fourth-order valence-corrected chi connectivity index (χ4v) is 3.81. The molecule has 4 aromatic rings. The van der Waals surface area contributed by atoms with Crippen LogP contribution in [0.5, 0.6) is 11.5 Å². The van der Waals surface area contributed by atoms with E-state index < -0.39 is 5.82 Å². The van der Waals surface area contributed by atoms with Crippen molar-refractivity contribution in [2.75, 3.05) is 7.11 Å². The van der Waals surface area contributed by atoms with Crippen LogP contribution in [0.2, 0.25) is 5.02 Å². The molecular formula is C27H19ClFNO2. The zero-order valence-electron chi connectivity index (χ0n) is 17.3. The van der Waals surface area contributed by atoms with Gasteiger partial charge in [-0.25, -0.2) is 4.39 Å². The van der Waals surface area contributed by atoms with Crippen LogP contribution in [-0.4, -0.2) is 7.11 Å². The van der Waals surface area contributed by atoms with Crippen LogP contribution in [0.1, 0.15) is 16.7 Å². The first-order valence-electron chi connectivity index (χ1n) is 9.94. The zero-order valence-corrected chi connectivity index (χ0v) is 18.1. The molecule has 4 rings (SSSR count). The molecule has 0 radical (unpaired) electrons. The third-order valence-electron chi connectivity index (χ3n) is 5.07. The Morgan fingerprint density at radius 2 is 1.81 bits per heavy atom. The third kappa shape index (κ3) is 4.59. The molecule has 0 aliphatic heterocycles. The average Bonchev–Trinajstić information content (AvgIpc) is 2.81. The van der Waals surface area contributed by atoms with Crippen LogP contribution in [0, 0.1) is 17.1 Å². The first kappa shape index (κ1) is 21.4. The number of hydrogen-bond acceptors (Lipinski definition) is 3. The van der Waals surface area contributed by atoms with Crippen LogP contribution in [-0.2, 0) is 6.61 Å². The topological polar surface area (TPSA) is 42.2 Å². The van der Waals surface area contributed by atoms with Crippen molar-refractivity contribution in [2.45, 2.75) is 6.61 Å². The predicted octanol–water partition coefficient (Wildman–Crippen LogP) is 7.28. The van der Waals surface area contributed by atoms with Gasteiger partial charge >= 0.3 is 0 Å². The summed E-state index contributed by atoms with van der Waals surface area (Å²) in [5.74, 6) is 0.459. The molecule has 0 N–H and O–H groups in total. The summed E-state index contributed by atoms with van der Waals surface area (Å²) in [6.45, 7) is 0.319. The van der Waals surface area contributed by atoms with Crippen molar-refractivity contribution in [1.82, 2.24) is 0 Å². The van der Waals surface area contributed by atoms with Crippen LogP contribution in [0.25, 0.3) is 22.4 Å². The Bertz CT molecular complexity index is 1350. The molecule has 0 atom stereocenters. The number of fused-ring (bicyclic) bond motifs is 1. The highest BCUT2D eigenvalue weighted by atomic mass is 35.5. The van der Waals surface area contributed by atoms with Crippen molar-refractivity contribution in [3.05, 3.63) is 106 Å². The largest absolute Gasteiger partial charge is 0.493 e. The van der Waals surface area contributed by atoms with Crippen molar-refractivity contribution in [2.24, 2.45) is 0 Å². The van der Waals surface area contributed by atoms with Gasteiger partial charge in [0.05, 0.1) is 23.8 Å². The Kier molecular flexibility index (Phi) is 6.39. The Morgan fingerprint density at radius 1 is 1.03 bits per heavy atom. The van der Waals surface area contributed by atoms with Crippen LogP contribution in [0.3, 0.4) is 0 Å². The lowest BCUT2D eigenvalue weighted by molar-refractivity contribution is 0.286. The predicted molar refractivity (Wildman–Crippen MR) is 126 cm³/mol. The van der Waals surface area contributed by atoms with E-state index in [0.29, 0.717) is 39.8 Å². The second-order valence-electron chi connectivity index (χ2n) is 7.14. The van der Waals surface area contributed by atoms with E-state index in [0.717, 1.165) is 16.3 Å². The highest BCUT2D eigenvalue weighted by Gasteiger charge is 2.13. The van der Waals surface area contributed by atoms with Gasteiger partial charge in [-0.05, 0) is 57.8 Å². The maximum Gasteiger partial charge on any atom is 0.180 e. The summed E-state index contributed by atoms with van der Waals surface area (Å²) in [5, 5.41) is 12.1. The van der Waals surface area contributed by atoms with Gasteiger partial charge in [-0.15, -0.1) is 0 Å². The van der Waals surface area contributed by atoms with Crippen molar-refractivity contribution in [3.63, 3.8) is 0 Å². The number of methoxy groups -OCH3 is 1. The third-order valence-corrected chi connectivity index (χ3v) is 5.35. The van der Waals surface area contributed by atoms with Gasteiger partial charge < -0.3 is 9.47 Å². The second-order valence-corrected chi connectivity index (χ2v) is 7.55. The van der Waals surface area contributed by atoms with E-state index in [1.165, 1.54) is 19.2 Å². The summed E-state index contributed by atoms with van der Waals surface area (Å²) in [5.41, 5.74) is 2.47. The molecule has 0 fully saturated rings. The quantitative estimate of drug-likeness (QED) is 0.232. The number of ether oxygens (including phenoxy) is 2. The molecule has 0 amide bonds. The molecule has 0 aliphatic rings. The van der Waals surface area contributed by atoms with Gasteiger partial charge in [0.2, 0.25) is 0 Å². The minimum atomic E-state index is -0.406. The van der Waals surface area contributed by atoms with Gasteiger partial charge in [-0.2, -0.15) is 5.26 Å². The molecule has 32 heavy (non-hydrogen) atoms. The molecule has 0 aromatic heterocycles. The summed E-state index contributed by atoms with van der Waals surface area (Å²) >= 11 is 6.52. The van der Waals surface area contributed by atoms with Crippen molar-refractivity contribution in [3.8, 4) is 17.6 Å². The molecular weight excluding hydrogens is 425 g/mol. The first-order valence-corrected chi connectivity index (χ1v) is 10.3. The Hall–Kier alpha value is -3.81. The van der Waals surface area contributed by atoms with Gasteiger partial charge in [0.15, 0.2) is 11.5 Å². The number of nitrogens with zero attached hydrogens (tertiary/aromatic N) is 1. The molecule has 0 bridgehead atoms. The van der Waals surface area contributed by atoms with E-state index >= 15 is 0 Å². The lowest BCUT2D eigenvalue weighted by Crippen LogP contribution is -1.99. The van der Waals surface area contributed by atoms with Gasteiger partial charge in [0.25, 0.3) is 0 Å². The number of rotatable bonds is 6. The summed E-state index contributed by atoms with van der Waals surface area (Å²) in [6, 6.07) is 25.6. The minimum Gasteiger partial charge on any atom is -0.493 e. The van der Waals surface area contributed by atoms with E-state index in [4.69, 9.17) is 21.1 Å². The smallest absolute Gasteiger partial charge is 0.180 e. The normalized spacial score (nSPS) is 11.2. The first-order chi connectivity index (χ1) is 15.6. The Morgan fingerprint density at radius 3 is 2.59 bits per heavy atom. The molecule has 3 nitrogen and oxygen atoms in total. The molecule has 0 saturated carbocycles. The molecule has 0 heterocycles. The maximum absolute atomic E-state index is 13.6. The standard InChI is InChI=1S/C27H19ClFNO2/c1-31-26-14-18(12-22(16-30)20-8-5-10-23(29)15-20)13-25(28)27(26)32-17-21-9-4-7-19-6-2-3-11-24(19)21/h2-15H,17H2,1H3/b22-12-. The fourth-order valence-electron chi connectivity index (χ4n) is 3.53. The monoisotopic (exact) mass is 443 g/mol. The summed E-state index contributed by atoms with van der Waals surface area (Å²) in [7, 11) is 1.53.